The van der Waals surface area contributed by atoms with Gasteiger partial charge in [0.2, 0.25) is 0 Å². The maximum absolute atomic E-state index is 3.36. The average Bonchev–Trinajstić information content (AvgIpc) is 3.23. The van der Waals surface area contributed by atoms with Gasteiger partial charge in [0.15, 0.2) is 0 Å². The number of benzene rings is 9. The molecule has 0 bridgehead atoms. The van der Waals surface area contributed by atoms with Crippen molar-refractivity contribution in [3.63, 3.8) is 0 Å². The van der Waals surface area contributed by atoms with Crippen molar-refractivity contribution in [2.45, 2.75) is 39.5 Å². The average molecular weight is 695 g/mol. The van der Waals surface area contributed by atoms with Crippen molar-refractivity contribution in [2.75, 3.05) is 0 Å². The molecule has 1 aliphatic carbocycles. The molecule has 0 aliphatic heterocycles. The molecule has 0 heterocycles. The SMILES string of the molecule is C=CC.CC.CC1(c2ccc3ccc4c(-c5ccc(-c6ccc7ccccc7c6)cc5)ccc5ccc2c3c54)C=CC(c2cccc3ccccc23)=CC1. The summed E-state index contributed by atoms with van der Waals surface area (Å²) in [5.41, 5.74) is 8.93. The van der Waals surface area contributed by atoms with E-state index >= 15 is 0 Å². The molecule has 0 aromatic heterocycles. The van der Waals surface area contributed by atoms with Crippen molar-refractivity contribution in [3.8, 4) is 22.3 Å². The lowest BCUT2D eigenvalue weighted by atomic mass is 9.73. The topological polar surface area (TPSA) is 0 Å². The normalized spacial score (nSPS) is 15.1. The van der Waals surface area contributed by atoms with Crippen LogP contribution in [0.1, 0.15) is 45.2 Å². The van der Waals surface area contributed by atoms with E-state index in [0.717, 1.165) is 6.42 Å². The predicted octanol–water partition coefficient (Wildman–Crippen LogP) is 15.7. The molecule has 0 spiro atoms. The highest BCUT2D eigenvalue weighted by Crippen LogP contribution is 2.45. The summed E-state index contributed by atoms with van der Waals surface area (Å²) in [7, 11) is 0. The van der Waals surface area contributed by atoms with E-state index in [1.165, 1.54) is 92.8 Å². The van der Waals surface area contributed by atoms with E-state index in [0.29, 0.717) is 0 Å². The molecule has 1 unspecified atom stereocenters. The third-order valence-electron chi connectivity index (χ3n) is 11.0. The lowest BCUT2D eigenvalue weighted by Crippen LogP contribution is -2.20. The number of fused-ring (bicyclic) bond motifs is 2. The molecular weight excluding hydrogens is 649 g/mol. The fourth-order valence-electron chi connectivity index (χ4n) is 8.37. The molecule has 0 saturated heterocycles. The molecule has 54 heavy (non-hydrogen) atoms. The summed E-state index contributed by atoms with van der Waals surface area (Å²) in [5, 5.41) is 13.1. The third-order valence-corrected chi connectivity index (χ3v) is 11.0. The zero-order valence-electron chi connectivity index (χ0n) is 31.7. The summed E-state index contributed by atoms with van der Waals surface area (Å²) in [6.07, 6.45) is 9.95. The van der Waals surface area contributed by atoms with Gasteiger partial charge in [0.25, 0.3) is 0 Å². The first kappa shape index (κ1) is 34.8. The van der Waals surface area contributed by atoms with Crippen LogP contribution >= 0.6 is 0 Å². The second-order valence-electron chi connectivity index (χ2n) is 14.3. The monoisotopic (exact) mass is 694 g/mol. The van der Waals surface area contributed by atoms with Crippen LogP contribution in [-0.4, -0.2) is 0 Å². The zero-order chi connectivity index (χ0) is 37.2. The molecule has 1 atom stereocenters. The van der Waals surface area contributed by atoms with E-state index in [4.69, 9.17) is 0 Å². The van der Waals surface area contributed by atoms with Crippen LogP contribution < -0.4 is 0 Å². The third kappa shape index (κ3) is 6.08. The van der Waals surface area contributed by atoms with Crippen LogP contribution in [0.15, 0.2) is 189 Å². The van der Waals surface area contributed by atoms with Crippen LogP contribution in [-0.2, 0) is 5.41 Å². The molecule has 262 valence electrons. The molecule has 10 rings (SSSR count). The Morgan fingerprint density at radius 3 is 1.81 bits per heavy atom. The van der Waals surface area contributed by atoms with E-state index in [2.05, 4.69) is 189 Å². The molecule has 0 amide bonds. The van der Waals surface area contributed by atoms with Gasteiger partial charge in [-0.15, -0.1) is 6.58 Å². The first-order valence-electron chi connectivity index (χ1n) is 19.3. The molecule has 0 N–H and O–H groups in total. The summed E-state index contributed by atoms with van der Waals surface area (Å²) in [6.45, 7) is 11.6. The van der Waals surface area contributed by atoms with Crippen molar-refractivity contribution >= 4 is 59.4 Å². The number of hydrogen-bond donors (Lipinski definition) is 0. The molecule has 0 fully saturated rings. The highest BCUT2D eigenvalue weighted by atomic mass is 14.3. The van der Waals surface area contributed by atoms with Gasteiger partial charge < -0.3 is 0 Å². The Morgan fingerprint density at radius 1 is 0.500 bits per heavy atom. The van der Waals surface area contributed by atoms with E-state index in [1.54, 1.807) is 6.08 Å². The summed E-state index contributed by atoms with van der Waals surface area (Å²) >= 11 is 0. The summed E-state index contributed by atoms with van der Waals surface area (Å²) in [6, 6.07) is 58.4. The first-order chi connectivity index (χ1) is 26.5. The molecule has 1 aliphatic rings. The molecule has 0 nitrogen and oxygen atoms in total. The maximum Gasteiger partial charge on any atom is 0.0148 e. The van der Waals surface area contributed by atoms with Crippen molar-refractivity contribution < 1.29 is 0 Å². The van der Waals surface area contributed by atoms with Crippen LogP contribution in [0.4, 0.5) is 0 Å². The smallest absolute Gasteiger partial charge is 0.0148 e. The summed E-state index contributed by atoms with van der Waals surface area (Å²) in [5.74, 6) is 0. The van der Waals surface area contributed by atoms with Crippen molar-refractivity contribution in [1.29, 1.82) is 0 Å². The van der Waals surface area contributed by atoms with Gasteiger partial charge in [-0.25, -0.2) is 0 Å². The van der Waals surface area contributed by atoms with Crippen molar-refractivity contribution in [2.24, 2.45) is 0 Å². The Balaban J connectivity index is 0.000000790. The zero-order valence-corrected chi connectivity index (χ0v) is 31.7. The van der Waals surface area contributed by atoms with Crippen LogP contribution in [0.3, 0.4) is 0 Å². The van der Waals surface area contributed by atoms with Gasteiger partial charge in [-0.3, -0.25) is 0 Å². The lowest BCUT2D eigenvalue weighted by molar-refractivity contribution is 0.607. The quantitative estimate of drug-likeness (QED) is 0.127. The second kappa shape index (κ2) is 14.6. The van der Waals surface area contributed by atoms with Crippen LogP contribution in [0.2, 0.25) is 0 Å². The van der Waals surface area contributed by atoms with E-state index < -0.39 is 0 Å². The Kier molecular flexibility index (Phi) is 9.45. The fourth-order valence-corrected chi connectivity index (χ4v) is 8.37. The Bertz CT molecular complexity index is 2840. The van der Waals surface area contributed by atoms with Crippen molar-refractivity contribution in [3.05, 3.63) is 200 Å². The first-order valence-corrected chi connectivity index (χ1v) is 19.3. The number of rotatable bonds is 4. The number of allylic oxidation sites excluding steroid dienone is 5. The Morgan fingerprint density at radius 2 is 1.07 bits per heavy atom. The molecule has 9 aromatic rings. The van der Waals surface area contributed by atoms with E-state index in [-0.39, 0.29) is 5.41 Å². The summed E-state index contributed by atoms with van der Waals surface area (Å²) < 4.78 is 0. The highest BCUT2D eigenvalue weighted by molar-refractivity contribution is 6.26. The molecule has 9 aromatic carbocycles. The fraction of sp³-hybridized carbons (Fsp3) is 0.111. The summed E-state index contributed by atoms with van der Waals surface area (Å²) in [4.78, 5) is 0. The predicted molar refractivity (Wildman–Crippen MR) is 239 cm³/mol. The minimum absolute atomic E-state index is 0.0994. The van der Waals surface area contributed by atoms with Gasteiger partial charge in [-0.05, 0) is 112 Å². The minimum Gasteiger partial charge on any atom is -0.103 e. The van der Waals surface area contributed by atoms with E-state index in [1.807, 2.05) is 20.8 Å². The van der Waals surface area contributed by atoms with Gasteiger partial charge in [0.05, 0.1) is 0 Å². The highest BCUT2D eigenvalue weighted by Gasteiger charge is 2.28. The Hall–Kier alpha value is -6.24. The molecule has 0 heteroatoms. The van der Waals surface area contributed by atoms with Gasteiger partial charge in [0.1, 0.15) is 0 Å². The van der Waals surface area contributed by atoms with Gasteiger partial charge in [0, 0.05) is 5.41 Å². The van der Waals surface area contributed by atoms with Gasteiger partial charge in [-0.2, -0.15) is 0 Å². The van der Waals surface area contributed by atoms with Crippen LogP contribution in [0.5, 0.6) is 0 Å². The van der Waals surface area contributed by atoms with Gasteiger partial charge in [-0.1, -0.05) is 197 Å². The lowest BCUT2D eigenvalue weighted by Gasteiger charge is -2.31. The molecule has 0 saturated carbocycles. The standard InChI is InChI=1S/C49H34.C3H6.C2H6/c1-49(29-27-36(28-30-49)42-12-6-10-34-8-4-5-11-41(34)42)46-26-22-38-20-24-44-43(23-19-37-21-25-45(46)48(38)47(37)44)35-16-13-33(14-17-35)40-18-15-32-7-2-3-9-39(32)31-40;1-3-2;1-2/h2-29,31H,30H2,1H3;3H,1H2,2H3;1-2H3. The minimum atomic E-state index is -0.0994. The van der Waals surface area contributed by atoms with Crippen LogP contribution in [0.25, 0.3) is 81.7 Å². The number of hydrogen-bond acceptors (Lipinski definition) is 0. The van der Waals surface area contributed by atoms with E-state index in [9.17, 15) is 0 Å². The largest absolute Gasteiger partial charge is 0.103 e. The van der Waals surface area contributed by atoms with Gasteiger partial charge >= 0.3 is 0 Å². The molecular formula is C54H46. The Labute approximate surface area is 319 Å². The van der Waals surface area contributed by atoms with Crippen LogP contribution in [0, 0.1) is 0 Å². The maximum atomic E-state index is 3.36. The molecule has 0 radical (unpaired) electrons. The second-order valence-corrected chi connectivity index (χ2v) is 14.3. The van der Waals surface area contributed by atoms with Crippen molar-refractivity contribution in [1.82, 2.24) is 0 Å².